The summed E-state index contributed by atoms with van der Waals surface area (Å²) in [5.41, 5.74) is 15.7. The first kappa shape index (κ1) is 74.9. The maximum absolute atomic E-state index is 14.4. The number of carbonyl (C=O) groups excluding carboxylic acids is 10. The number of nitro groups is 2. The number of carbonyl (C=O) groups is 10. The van der Waals surface area contributed by atoms with Crippen LogP contribution < -0.4 is 75.4 Å². The van der Waals surface area contributed by atoms with E-state index in [1.807, 2.05) is 0 Å². The smallest absolute Gasteiger partial charge is 0.336 e. The predicted octanol–water partition coefficient (Wildman–Crippen LogP) is -1.20. The zero-order valence-electron chi connectivity index (χ0n) is 53.1. The average Bonchev–Trinajstić information content (AvgIpc) is 1.34. The number of nitrogens with two attached hydrogens (primary N) is 3. The quantitative estimate of drug-likeness (QED) is 0.00630. The molecule has 1 aliphatic rings. The van der Waals surface area contributed by atoms with Crippen LogP contribution in [-0.4, -0.2) is 173 Å². The molecule has 0 radical (unpaired) electrons. The lowest BCUT2D eigenvalue weighted by Gasteiger charge is -2.29. The Bertz CT molecular complexity index is 3530. The van der Waals surface area contributed by atoms with Crippen molar-refractivity contribution in [1.82, 2.24) is 47.4 Å². The number of hydrogen-bond donors (Lipinski definition) is 13. The summed E-state index contributed by atoms with van der Waals surface area (Å²) < 4.78 is 10.4. The first-order chi connectivity index (χ1) is 45.1. The largest absolute Gasteiger partial charge is 0.497 e. The van der Waals surface area contributed by atoms with Gasteiger partial charge in [0.25, 0.3) is 11.4 Å². The van der Waals surface area contributed by atoms with Crippen molar-refractivity contribution in [2.75, 3.05) is 45.2 Å². The number of non-ortho nitro benzene ring substituents is 1. The van der Waals surface area contributed by atoms with Gasteiger partial charge in [0.2, 0.25) is 59.1 Å². The monoisotopic (exact) mass is 1330 g/mol. The van der Waals surface area contributed by atoms with Crippen molar-refractivity contribution in [3.05, 3.63) is 115 Å². The molecule has 34 nitrogen and oxygen atoms in total. The number of guanidine groups is 1. The highest BCUT2D eigenvalue weighted by atomic mass is 16.6. The van der Waals surface area contributed by atoms with Crippen molar-refractivity contribution < 1.29 is 72.1 Å². The molecule has 1 aromatic heterocycles. The molecule has 8 atom stereocenters. The van der Waals surface area contributed by atoms with Crippen molar-refractivity contribution in [2.45, 2.75) is 140 Å². The Morgan fingerprint density at radius 2 is 1.36 bits per heavy atom. The molecule has 5 rings (SSSR count). The van der Waals surface area contributed by atoms with Crippen LogP contribution in [0.3, 0.4) is 0 Å². The first-order valence-corrected chi connectivity index (χ1v) is 30.5. The van der Waals surface area contributed by atoms with Gasteiger partial charge < -0.3 is 84.2 Å². The zero-order valence-corrected chi connectivity index (χ0v) is 53.1. The van der Waals surface area contributed by atoms with Crippen LogP contribution in [0.25, 0.3) is 11.0 Å². The second kappa shape index (κ2) is 36.4. The van der Waals surface area contributed by atoms with Gasteiger partial charge in [0.15, 0.2) is 5.96 Å². The molecule has 0 aliphatic carbocycles. The number of hydrogen-bond acceptors (Lipinski definition) is 20. The topological polar surface area (TPSA) is 519 Å². The number of benzene rings is 3. The molecule has 0 spiro atoms. The van der Waals surface area contributed by atoms with E-state index >= 15 is 0 Å². The minimum absolute atomic E-state index is 0.00466. The third-order valence-corrected chi connectivity index (χ3v) is 15.1. The Balaban J connectivity index is 1.21. The molecule has 514 valence electrons. The van der Waals surface area contributed by atoms with Crippen molar-refractivity contribution in [2.24, 2.45) is 28.1 Å². The third-order valence-electron chi connectivity index (χ3n) is 15.1. The number of ether oxygens (including phenoxy) is 1. The highest BCUT2D eigenvalue weighted by molar-refractivity contribution is 5.99. The number of aliphatic hydroxyl groups excluding tert-OH is 1. The van der Waals surface area contributed by atoms with Crippen LogP contribution in [0.4, 0.5) is 17.1 Å². The summed E-state index contributed by atoms with van der Waals surface area (Å²) in [6.07, 6.45) is 0.590. The fourth-order valence-corrected chi connectivity index (χ4v) is 10.2. The molecule has 2 heterocycles. The number of likely N-dealkylation sites (tertiary alicyclic amines) is 1. The van der Waals surface area contributed by atoms with Gasteiger partial charge in [-0.1, -0.05) is 44.2 Å². The molecule has 0 bridgehead atoms. The SMILES string of the molecule is COc1ccc2c(CC(=O)NCC(=O)NC(CO)C(=O)N3CCCC3C(=O)NC(C)C(=O)NC(Cc3ccccc3)C(=O)NC(CC(C)C)C(=O)NC(C)C(=O)NC(CCCCNc3ccc([N+](=O)[O-])cc3[N+](=O)[O-])C(=O)NC(CCCN=C(N)N)C(N)=O)cc(=O)oc2c1. The van der Waals surface area contributed by atoms with Gasteiger partial charge in [0.05, 0.1) is 42.6 Å². The number of unbranched alkanes of at least 4 members (excludes halogenated alkanes) is 1. The fourth-order valence-electron chi connectivity index (χ4n) is 10.2. The highest BCUT2D eigenvalue weighted by Gasteiger charge is 2.39. The number of aliphatic hydroxyl groups is 1. The van der Waals surface area contributed by atoms with Gasteiger partial charge in [0, 0.05) is 49.6 Å². The summed E-state index contributed by atoms with van der Waals surface area (Å²) >= 11 is 0. The predicted molar refractivity (Wildman–Crippen MR) is 343 cm³/mol. The third kappa shape index (κ3) is 23.4. The molecule has 4 aromatic rings. The molecule has 8 unspecified atom stereocenters. The summed E-state index contributed by atoms with van der Waals surface area (Å²) in [5.74, 6) is -8.28. The minimum Gasteiger partial charge on any atom is -0.497 e. The summed E-state index contributed by atoms with van der Waals surface area (Å²) in [4.78, 5) is 175. The first-order valence-electron chi connectivity index (χ1n) is 30.5. The lowest BCUT2D eigenvalue weighted by atomic mass is 10.0. The van der Waals surface area contributed by atoms with Gasteiger partial charge in [-0.3, -0.25) is 73.2 Å². The minimum atomic E-state index is -1.55. The molecule has 3 aromatic carbocycles. The average molecular weight is 1330 g/mol. The molecule has 95 heavy (non-hydrogen) atoms. The molecule has 10 amide bonds. The Morgan fingerprint density at radius 1 is 0.716 bits per heavy atom. The summed E-state index contributed by atoms with van der Waals surface area (Å²) in [5, 5.41) is 56.9. The van der Waals surface area contributed by atoms with Gasteiger partial charge in [0.1, 0.15) is 65.4 Å². The van der Waals surface area contributed by atoms with Crippen molar-refractivity contribution in [3.8, 4) is 5.75 Å². The highest BCUT2D eigenvalue weighted by Crippen LogP contribution is 2.29. The van der Waals surface area contributed by atoms with Crippen molar-refractivity contribution in [3.63, 3.8) is 0 Å². The number of aliphatic imine (C=N–C) groups is 1. The Hall–Kier alpha value is -10.8. The molecule has 34 heteroatoms. The second-order valence-electron chi connectivity index (χ2n) is 22.9. The number of anilines is 1. The van der Waals surface area contributed by atoms with Crippen LogP contribution in [0.1, 0.15) is 90.2 Å². The summed E-state index contributed by atoms with van der Waals surface area (Å²) in [7, 11) is 1.43. The van der Waals surface area contributed by atoms with E-state index in [1.165, 1.54) is 33.1 Å². The zero-order chi connectivity index (χ0) is 70.1. The van der Waals surface area contributed by atoms with Gasteiger partial charge >= 0.3 is 5.63 Å². The number of fused-ring (bicyclic) bond motifs is 1. The van der Waals surface area contributed by atoms with Crippen LogP contribution in [0.15, 0.2) is 87.0 Å². The van der Waals surface area contributed by atoms with Crippen LogP contribution >= 0.6 is 0 Å². The summed E-state index contributed by atoms with van der Waals surface area (Å²) in [6.45, 7) is 4.87. The van der Waals surface area contributed by atoms with E-state index < -0.39 is 147 Å². The van der Waals surface area contributed by atoms with E-state index in [1.54, 1.807) is 56.3 Å². The van der Waals surface area contributed by atoms with Gasteiger partial charge in [-0.15, -0.1) is 0 Å². The number of nitrogens with one attached hydrogen (secondary N) is 9. The van der Waals surface area contributed by atoms with Gasteiger partial charge in [-0.25, -0.2) is 4.79 Å². The molecular weight excluding hydrogens is 1240 g/mol. The van der Waals surface area contributed by atoms with Crippen molar-refractivity contribution in [1.29, 1.82) is 0 Å². The maximum Gasteiger partial charge on any atom is 0.336 e. The van der Waals surface area contributed by atoms with Crippen LogP contribution in [0.2, 0.25) is 0 Å². The van der Waals surface area contributed by atoms with Gasteiger partial charge in [-0.05, 0) is 100 Å². The lowest BCUT2D eigenvalue weighted by Crippen LogP contribution is -2.60. The van der Waals surface area contributed by atoms with Crippen LogP contribution in [-0.2, 0) is 60.8 Å². The van der Waals surface area contributed by atoms with E-state index in [9.17, 15) is 78.1 Å². The molecule has 1 fully saturated rings. The van der Waals surface area contributed by atoms with Crippen LogP contribution in [0.5, 0.6) is 5.75 Å². The lowest BCUT2D eigenvalue weighted by molar-refractivity contribution is -0.393. The number of nitro benzene ring substituents is 2. The number of primary amides is 1. The molecule has 16 N–H and O–H groups in total. The Morgan fingerprint density at radius 3 is 2.00 bits per heavy atom. The Labute approximate surface area is 544 Å². The normalized spacial score (nSPS) is 14.8. The second-order valence-corrected chi connectivity index (χ2v) is 22.9. The van der Waals surface area contributed by atoms with E-state index in [0.717, 1.165) is 23.1 Å². The van der Waals surface area contributed by atoms with E-state index in [0.29, 0.717) is 28.7 Å². The molecular formula is C61H82N16O18. The molecule has 1 saturated heterocycles. The number of nitrogens with zero attached hydrogens (tertiary/aromatic N) is 4. The summed E-state index contributed by atoms with van der Waals surface area (Å²) in [6, 6.07) is 6.69. The number of methoxy groups -OCH3 is 1. The number of amides is 10. The van der Waals surface area contributed by atoms with E-state index in [-0.39, 0.29) is 101 Å². The molecule has 1 aliphatic heterocycles. The van der Waals surface area contributed by atoms with E-state index in [4.69, 9.17) is 26.4 Å². The Kier molecular flexibility index (Phi) is 28.7. The van der Waals surface area contributed by atoms with Crippen molar-refractivity contribution >= 4 is 93.1 Å². The van der Waals surface area contributed by atoms with Gasteiger partial charge in [-0.2, -0.15) is 0 Å². The van der Waals surface area contributed by atoms with E-state index in [2.05, 4.69) is 52.8 Å². The fraction of sp³-hybridized carbons (Fsp3) is 0.475. The molecule has 0 saturated carbocycles. The standard InChI is InChI=1S/C61H82N16O18/c1-33(2)25-44(57(86)68-34(3)54(83)72-43(56(85)71-42(53(62)82)16-11-23-66-61(63)64)15-9-10-22-65-41-21-18-38(76(90)91)29-48(41)77(92)93)74-58(87)45(26-36-13-7-6-8-14-36)73-55(84)35(4)69-59(88)47-17-12-24-75(47)60(89)46(32-78)70-51(80)31-67-50(79)27-37-28-52(81)95-49-30-39(94-5)19-20-40(37)49/h6-8,13-14,18-21,28-30,33-35,42-47,65,78H,9-12,15-17,22-27,31-32H2,1-5H3,(H2,62,82)(H,67,79)(H,68,86)(H,69,88)(H,70,80)(H,71,85)(H,72,83)(H,73,84)(H,74,87)(H4,63,64,66). The number of rotatable bonds is 37. The van der Waals surface area contributed by atoms with Crippen LogP contribution in [0, 0.1) is 26.1 Å². The maximum atomic E-state index is 14.4.